The monoisotopic (exact) mass is 283 g/mol. The number of ether oxygens (including phenoxy) is 1. The van der Waals surface area contributed by atoms with Crippen molar-refractivity contribution < 1.29 is 4.74 Å². The van der Waals surface area contributed by atoms with Gasteiger partial charge in [0.15, 0.2) is 0 Å². The number of hydrogen-bond donors (Lipinski definition) is 0. The van der Waals surface area contributed by atoms with E-state index < -0.39 is 0 Å². The van der Waals surface area contributed by atoms with Gasteiger partial charge in [-0.1, -0.05) is 34.1 Å². The number of alkyl halides is 1. The summed E-state index contributed by atoms with van der Waals surface area (Å²) in [6.45, 7) is 7.04. The second kappa shape index (κ2) is 4.76. The number of morpholine rings is 1. The lowest BCUT2D eigenvalue weighted by molar-refractivity contribution is -0.0277. The van der Waals surface area contributed by atoms with Gasteiger partial charge in [0.1, 0.15) is 0 Å². The number of nitrogens with zero attached hydrogens (tertiary/aromatic N) is 1. The highest BCUT2D eigenvalue weighted by Gasteiger charge is 2.27. The Balaban J connectivity index is 2.23. The molecule has 2 rings (SSSR count). The first-order valence-electron chi connectivity index (χ1n) is 5.65. The Morgan fingerprint density at radius 2 is 2.12 bits per heavy atom. The Labute approximate surface area is 106 Å². The molecule has 0 aliphatic carbocycles. The van der Waals surface area contributed by atoms with E-state index in [-0.39, 0.29) is 5.60 Å². The maximum absolute atomic E-state index is 5.74. The zero-order valence-electron chi connectivity index (χ0n) is 9.87. The maximum atomic E-state index is 5.74. The standard InChI is InChI=1S/C13H18BrNO/c1-13(2)10-15(7-8-16-13)12-6-4-3-5-11(12)9-14/h3-6H,7-10H2,1-2H3. The molecule has 1 aromatic rings. The van der Waals surface area contributed by atoms with Gasteiger partial charge in [0.05, 0.1) is 12.2 Å². The molecule has 1 heterocycles. The van der Waals surface area contributed by atoms with Crippen LogP contribution in [0.4, 0.5) is 5.69 Å². The van der Waals surface area contributed by atoms with Gasteiger partial charge >= 0.3 is 0 Å². The van der Waals surface area contributed by atoms with Crippen LogP contribution < -0.4 is 4.90 Å². The summed E-state index contributed by atoms with van der Waals surface area (Å²) in [6, 6.07) is 8.56. The van der Waals surface area contributed by atoms with Gasteiger partial charge in [0, 0.05) is 24.1 Å². The van der Waals surface area contributed by atoms with E-state index in [2.05, 4.69) is 58.9 Å². The fraction of sp³-hybridized carbons (Fsp3) is 0.538. The van der Waals surface area contributed by atoms with Gasteiger partial charge in [-0.05, 0) is 25.5 Å². The molecule has 0 bridgehead atoms. The molecular formula is C13H18BrNO. The second-order valence-electron chi connectivity index (χ2n) is 4.79. The van der Waals surface area contributed by atoms with Crippen molar-refractivity contribution in [2.75, 3.05) is 24.6 Å². The van der Waals surface area contributed by atoms with Crippen LogP contribution >= 0.6 is 15.9 Å². The first-order chi connectivity index (χ1) is 7.62. The zero-order chi connectivity index (χ0) is 11.6. The van der Waals surface area contributed by atoms with Gasteiger partial charge in [-0.2, -0.15) is 0 Å². The summed E-state index contributed by atoms with van der Waals surface area (Å²) in [5.41, 5.74) is 2.63. The number of hydrogen-bond acceptors (Lipinski definition) is 2. The smallest absolute Gasteiger partial charge is 0.0801 e. The lowest BCUT2D eigenvalue weighted by Gasteiger charge is -2.40. The van der Waals surface area contributed by atoms with Crippen LogP contribution in [-0.2, 0) is 10.1 Å². The fourth-order valence-corrected chi connectivity index (χ4v) is 2.63. The van der Waals surface area contributed by atoms with Gasteiger partial charge in [0.25, 0.3) is 0 Å². The molecule has 1 aromatic carbocycles. The molecule has 2 nitrogen and oxygen atoms in total. The summed E-state index contributed by atoms with van der Waals surface area (Å²) < 4.78 is 5.74. The molecular weight excluding hydrogens is 266 g/mol. The van der Waals surface area contributed by atoms with Crippen LogP contribution in [0.3, 0.4) is 0 Å². The largest absolute Gasteiger partial charge is 0.372 e. The summed E-state index contributed by atoms with van der Waals surface area (Å²) in [5, 5.41) is 0.904. The molecule has 0 spiro atoms. The lowest BCUT2D eigenvalue weighted by atomic mass is 10.1. The molecule has 16 heavy (non-hydrogen) atoms. The molecule has 1 aliphatic rings. The van der Waals surface area contributed by atoms with Gasteiger partial charge in [-0.25, -0.2) is 0 Å². The van der Waals surface area contributed by atoms with Crippen molar-refractivity contribution in [1.82, 2.24) is 0 Å². The number of rotatable bonds is 2. The Hall–Kier alpha value is -0.540. The van der Waals surface area contributed by atoms with Crippen molar-refractivity contribution in [3.8, 4) is 0 Å². The van der Waals surface area contributed by atoms with Crippen LogP contribution in [-0.4, -0.2) is 25.3 Å². The maximum Gasteiger partial charge on any atom is 0.0801 e. The number of halogens is 1. The molecule has 0 aromatic heterocycles. The quantitative estimate of drug-likeness (QED) is 0.773. The van der Waals surface area contributed by atoms with Gasteiger partial charge < -0.3 is 9.64 Å². The predicted molar refractivity (Wildman–Crippen MR) is 71.3 cm³/mol. The minimum absolute atomic E-state index is 0.0440. The summed E-state index contributed by atoms with van der Waals surface area (Å²) in [6.07, 6.45) is 0. The van der Waals surface area contributed by atoms with E-state index in [4.69, 9.17) is 4.74 Å². The molecule has 0 unspecified atom stereocenters. The molecule has 1 saturated heterocycles. The van der Waals surface area contributed by atoms with E-state index in [0.29, 0.717) is 0 Å². The predicted octanol–water partition coefficient (Wildman–Crippen LogP) is 3.20. The highest BCUT2D eigenvalue weighted by atomic mass is 79.9. The lowest BCUT2D eigenvalue weighted by Crippen LogP contribution is -2.48. The summed E-state index contributed by atoms with van der Waals surface area (Å²) in [5.74, 6) is 0. The third-order valence-electron chi connectivity index (χ3n) is 2.90. The third-order valence-corrected chi connectivity index (χ3v) is 3.51. The van der Waals surface area contributed by atoms with Crippen LogP contribution in [0.25, 0.3) is 0 Å². The average Bonchev–Trinajstić information content (AvgIpc) is 2.27. The topological polar surface area (TPSA) is 12.5 Å². The van der Waals surface area contributed by atoms with Crippen molar-refractivity contribution in [3.63, 3.8) is 0 Å². The van der Waals surface area contributed by atoms with Gasteiger partial charge in [0.2, 0.25) is 0 Å². The molecule has 0 saturated carbocycles. The van der Waals surface area contributed by atoms with E-state index >= 15 is 0 Å². The Morgan fingerprint density at radius 3 is 2.81 bits per heavy atom. The summed E-state index contributed by atoms with van der Waals surface area (Å²) in [4.78, 5) is 2.42. The highest BCUT2D eigenvalue weighted by molar-refractivity contribution is 9.08. The highest BCUT2D eigenvalue weighted by Crippen LogP contribution is 2.27. The fourth-order valence-electron chi connectivity index (χ4n) is 2.15. The minimum Gasteiger partial charge on any atom is -0.372 e. The van der Waals surface area contributed by atoms with E-state index in [1.807, 2.05) is 0 Å². The van der Waals surface area contributed by atoms with E-state index in [0.717, 1.165) is 25.0 Å². The van der Waals surface area contributed by atoms with Crippen LogP contribution in [0.5, 0.6) is 0 Å². The SMILES string of the molecule is CC1(C)CN(c2ccccc2CBr)CCO1. The normalized spacial score (nSPS) is 19.8. The Morgan fingerprint density at radius 1 is 1.38 bits per heavy atom. The zero-order valence-corrected chi connectivity index (χ0v) is 11.5. The van der Waals surface area contributed by atoms with E-state index in [9.17, 15) is 0 Å². The Bertz CT molecular complexity index is 365. The van der Waals surface area contributed by atoms with E-state index in [1.54, 1.807) is 0 Å². The van der Waals surface area contributed by atoms with Crippen LogP contribution in [0, 0.1) is 0 Å². The number of benzene rings is 1. The van der Waals surface area contributed by atoms with Crippen LogP contribution in [0.15, 0.2) is 24.3 Å². The van der Waals surface area contributed by atoms with Crippen molar-refractivity contribution >= 4 is 21.6 Å². The molecule has 3 heteroatoms. The van der Waals surface area contributed by atoms with Crippen LogP contribution in [0.1, 0.15) is 19.4 Å². The van der Waals surface area contributed by atoms with Gasteiger partial charge in [-0.3, -0.25) is 0 Å². The van der Waals surface area contributed by atoms with Crippen molar-refractivity contribution in [2.45, 2.75) is 24.8 Å². The van der Waals surface area contributed by atoms with Crippen molar-refractivity contribution in [3.05, 3.63) is 29.8 Å². The van der Waals surface area contributed by atoms with Gasteiger partial charge in [-0.15, -0.1) is 0 Å². The number of para-hydroxylation sites is 1. The first-order valence-corrected chi connectivity index (χ1v) is 6.77. The molecule has 0 N–H and O–H groups in total. The van der Waals surface area contributed by atoms with E-state index in [1.165, 1.54) is 11.3 Å². The van der Waals surface area contributed by atoms with Crippen molar-refractivity contribution in [2.24, 2.45) is 0 Å². The first kappa shape index (κ1) is 11.9. The molecule has 0 radical (unpaired) electrons. The number of anilines is 1. The molecule has 88 valence electrons. The minimum atomic E-state index is -0.0440. The Kier molecular flexibility index (Phi) is 3.55. The second-order valence-corrected chi connectivity index (χ2v) is 5.35. The van der Waals surface area contributed by atoms with Crippen molar-refractivity contribution in [1.29, 1.82) is 0 Å². The average molecular weight is 284 g/mol. The molecule has 0 amide bonds. The molecule has 0 atom stereocenters. The molecule has 1 aliphatic heterocycles. The van der Waals surface area contributed by atoms with Crippen LogP contribution in [0.2, 0.25) is 0 Å². The summed E-state index contributed by atoms with van der Waals surface area (Å²) in [7, 11) is 0. The molecule has 1 fully saturated rings. The third kappa shape index (κ3) is 2.58. The summed E-state index contributed by atoms with van der Waals surface area (Å²) >= 11 is 3.55.